The molecule has 0 aliphatic heterocycles. The van der Waals surface area contributed by atoms with Crippen molar-refractivity contribution in [2.75, 3.05) is 0 Å². The molecule has 1 aromatic rings. The van der Waals surface area contributed by atoms with Gasteiger partial charge in [0.05, 0.1) is 12.0 Å². The van der Waals surface area contributed by atoms with E-state index in [4.69, 9.17) is 0 Å². The molecule has 1 N–H and O–H groups in total. The Morgan fingerprint density at radius 1 is 0.714 bits per heavy atom. The summed E-state index contributed by atoms with van der Waals surface area (Å²) < 4.78 is 2.50. The van der Waals surface area contributed by atoms with Crippen LogP contribution in [0.5, 0.6) is 0 Å². The van der Waals surface area contributed by atoms with Crippen molar-refractivity contribution in [3.05, 3.63) is 18.2 Å². The Balaban J connectivity index is 2.08. The summed E-state index contributed by atoms with van der Waals surface area (Å²) in [5, 5.41) is 0. The minimum Gasteiger partial charge on any atom is -0.247 e. The predicted octanol–water partition coefficient (Wildman–Crippen LogP) is 8.64. The maximum absolute atomic E-state index is 3.56. The lowest BCUT2D eigenvalue weighted by Crippen LogP contribution is -2.41. The topological polar surface area (TPSA) is 19.7 Å². The predicted molar refractivity (Wildman–Crippen MR) is 124 cm³/mol. The maximum atomic E-state index is 3.56. The lowest BCUT2D eigenvalue weighted by molar-refractivity contribution is -0.727. The van der Waals surface area contributed by atoms with E-state index in [1.807, 2.05) is 0 Å². The Bertz CT molecular complexity index is 451. The normalized spacial score (nSPS) is 13.7. The molecule has 0 spiro atoms. The van der Waals surface area contributed by atoms with Gasteiger partial charge in [-0.25, -0.2) is 9.55 Å². The van der Waals surface area contributed by atoms with Gasteiger partial charge in [-0.2, -0.15) is 0 Å². The van der Waals surface area contributed by atoms with Gasteiger partial charge in [0.1, 0.15) is 12.4 Å². The van der Waals surface area contributed by atoms with E-state index < -0.39 is 0 Å². The number of nitrogens with one attached hydrogen (secondary N) is 1. The maximum Gasteiger partial charge on any atom is 0.257 e. The van der Waals surface area contributed by atoms with Gasteiger partial charge in [0.25, 0.3) is 5.82 Å². The molecule has 28 heavy (non-hydrogen) atoms. The summed E-state index contributed by atoms with van der Waals surface area (Å²) in [7, 11) is 0. The molecule has 0 saturated heterocycles. The van der Waals surface area contributed by atoms with Gasteiger partial charge in [-0.1, -0.05) is 111 Å². The van der Waals surface area contributed by atoms with E-state index in [-0.39, 0.29) is 0 Å². The molecule has 2 atom stereocenters. The minimum atomic E-state index is 0.618. The third-order valence-corrected chi connectivity index (χ3v) is 6.46. The summed E-state index contributed by atoms with van der Waals surface area (Å²) >= 11 is 0. The summed E-state index contributed by atoms with van der Waals surface area (Å²) in [5.74, 6) is 2.16. The number of H-pyrrole nitrogens is 1. The summed E-state index contributed by atoms with van der Waals surface area (Å²) in [4.78, 5) is 3.56. The molecule has 0 aliphatic rings. The van der Waals surface area contributed by atoms with E-state index in [9.17, 15) is 0 Å². The molecule has 0 aliphatic carbocycles. The summed E-state index contributed by atoms with van der Waals surface area (Å²) in [6.45, 7) is 9.29. The Morgan fingerprint density at radius 2 is 1.25 bits per heavy atom. The van der Waals surface area contributed by atoms with Crippen molar-refractivity contribution in [2.45, 2.75) is 149 Å². The van der Waals surface area contributed by atoms with Crippen LogP contribution in [0, 0.1) is 0 Å². The summed E-state index contributed by atoms with van der Waals surface area (Å²) in [6, 6.07) is 0.618. The van der Waals surface area contributed by atoms with Gasteiger partial charge < -0.3 is 0 Å². The fourth-order valence-corrected chi connectivity index (χ4v) is 4.57. The van der Waals surface area contributed by atoms with Crippen LogP contribution in [0.1, 0.15) is 155 Å². The third kappa shape index (κ3) is 10.7. The van der Waals surface area contributed by atoms with Gasteiger partial charge in [-0.15, -0.1) is 0 Å². The Labute approximate surface area is 176 Å². The van der Waals surface area contributed by atoms with Crippen molar-refractivity contribution in [2.24, 2.45) is 0 Å². The van der Waals surface area contributed by atoms with Crippen molar-refractivity contribution in [1.82, 2.24) is 4.98 Å². The largest absolute Gasteiger partial charge is 0.257 e. The Hall–Kier alpha value is -0.790. The number of nitrogens with zero attached hydrogens (tertiary/aromatic N) is 1. The van der Waals surface area contributed by atoms with E-state index in [1.54, 1.807) is 0 Å². The highest BCUT2D eigenvalue weighted by molar-refractivity contribution is 4.89. The zero-order chi connectivity index (χ0) is 20.5. The van der Waals surface area contributed by atoms with E-state index in [1.165, 1.54) is 115 Å². The Morgan fingerprint density at radius 3 is 1.75 bits per heavy atom. The third-order valence-electron chi connectivity index (χ3n) is 6.46. The number of aromatic amines is 1. The van der Waals surface area contributed by atoms with Gasteiger partial charge >= 0.3 is 0 Å². The highest BCUT2D eigenvalue weighted by Crippen LogP contribution is 2.24. The molecule has 0 bridgehead atoms. The lowest BCUT2D eigenvalue weighted by atomic mass is 9.96. The van der Waals surface area contributed by atoms with E-state index in [2.05, 4.69) is 49.6 Å². The first-order valence-electron chi connectivity index (χ1n) is 12.8. The van der Waals surface area contributed by atoms with Gasteiger partial charge in [-0.05, 0) is 26.2 Å². The van der Waals surface area contributed by atoms with E-state index in [0.29, 0.717) is 12.0 Å². The molecular formula is C26H51N2+. The minimum absolute atomic E-state index is 0.618. The average molecular weight is 392 g/mol. The first-order valence-corrected chi connectivity index (χ1v) is 12.8. The van der Waals surface area contributed by atoms with Crippen molar-refractivity contribution in [3.63, 3.8) is 0 Å². The first kappa shape index (κ1) is 25.2. The standard InChI is InChI=1S/C26H50N2/c1-5-8-9-10-11-12-13-14-15-16-17-18-19-21-25(7-3)26-27-22-23-28(26)24(4)20-6-2/h22-25H,5-21H2,1-4H3/p+1. The molecule has 1 heterocycles. The van der Waals surface area contributed by atoms with Crippen LogP contribution in [-0.2, 0) is 0 Å². The van der Waals surface area contributed by atoms with Gasteiger partial charge in [-0.3, -0.25) is 0 Å². The first-order chi connectivity index (χ1) is 13.7. The van der Waals surface area contributed by atoms with E-state index in [0.717, 1.165) is 0 Å². The van der Waals surface area contributed by atoms with Crippen LogP contribution in [0.25, 0.3) is 0 Å². The van der Waals surface area contributed by atoms with Crippen molar-refractivity contribution in [1.29, 1.82) is 0 Å². The highest BCUT2D eigenvalue weighted by Gasteiger charge is 2.23. The second kappa shape index (κ2) is 17.1. The molecular weight excluding hydrogens is 340 g/mol. The SMILES string of the molecule is CCCCCCCCCCCCCCCC(CC)c1[nH]cc[n+]1C(C)CCC. The number of hydrogen-bond acceptors (Lipinski definition) is 0. The lowest BCUT2D eigenvalue weighted by Gasteiger charge is -2.15. The fraction of sp³-hybridized carbons (Fsp3) is 0.885. The molecule has 0 radical (unpaired) electrons. The zero-order valence-corrected chi connectivity index (χ0v) is 19.8. The number of aromatic nitrogens is 2. The molecule has 1 rings (SSSR count). The average Bonchev–Trinajstić information content (AvgIpc) is 3.18. The molecule has 1 aromatic heterocycles. The highest BCUT2D eigenvalue weighted by atomic mass is 15.1. The van der Waals surface area contributed by atoms with Gasteiger partial charge in [0.15, 0.2) is 0 Å². The van der Waals surface area contributed by atoms with Crippen molar-refractivity contribution >= 4 is 0 Å². The smallest absolute Gasteiger partial charge is 0.247 e. The fourth-order valence-electron chi connectivity index (χ4n) is 4.57. The quantitative estimate of drug-likeness (QED) is 0.180. The van der Waals surface area contributed by atoms with Crippen molar-refractivity contribution < 1.29 is 4.57 Å². The Kier molecular flexibility index (Phi) is 15.4. The van der Waals surface area contributed by atoms with Gasteiger partial charge in [0, 0.05) is 0 Å². The molecule has 0 amide bonds. The number of unbranched alkanes of at least 4 members (excludes halogenated alkanes) is 12. The summed E-state index contributed by atoms with van der Waals surface area (Å²) in [6.07, 6.45) is 28.2. The molecule has 2 unspecified atom stereocenters. The molecule has 2 heteroatoms. The van der Waals surface area contributed by atoms with Crippen LogP contribution in [-0.4, -0.2) is 4.98 Å². The monoisotopic (exact) mass is 391 g/mol. The van der Waals surface area contributed by atoms with Crippen LogP contribution < -0.4 is 4.57 Å². The van der Waals surface area contributed by atoms with Crippen LogP contribution in [0.2, 0.25) is 0 Å². The summed E-state index contributed by atoms with van der Waals surface area (Å²) in [5.41, 5.74) is 0. The molecule has 0 saturated carbocycles. The van der Waals surface area contributed by atoms with Crippen LogP contribution >= 0.6 is 0 Å². The number of rotatable bonds is 19. The second-order valence-corrected chi connectivity index (χ2v) is 9.03. The number of hydrogen-bond donors (Lipinski definition) is 1. The molecule has 0 aromatic carbocycles. The van der Waals surface area contributed by atoms with Crippen molar-refractivity contribution in [3.8, 4) is 0 Å². The number of imidazole rings is 1. The second-order valence-electron chi connectivity index (χ2n) is 9.03. The van der Waals surface area contributed by atoms with Crippen LogP contribution in [0.4, 0.5) is 0 Å². The van der Waals surface area contributed by atoms with Gasteiger partial charge in [0.2, 0.25) is 0 Å². The molecule has 2 nitrogen and oxygen atoms in total. The van der Waals surface area contributed by atoms with E-state index >= 15 is 0 Å². The van der Waals surface area contributed by atoms with Crippen LogP contribution in [0.3, 0.4) is 0 Å². The zero-order valence-electron chi connectivity index (χ0n) is 19.8. The molecule has 164 valence electrons. The molecule has 0 fully saturated rings. The van der Waals surface area contributed by atoms with Crippen LogP contribution in [0.15, 0.2) is 12.4 Å².